The van der Waals surface area contributed by atoms with Crippen LogP contribution in [0.4, 0.5) is 0 Å². The molecule has 14 heavy (non-hydrogen) atoms. The third-order valence-corrected chi connectivity index (χ3v) is 3.27. The molecule has 0 aromatic rings. The van der Waals surface area contributed by atoms with Crippen LogP contribution >= 0.6 is 0 Å². The van der Waals surface area contributed by atoms with Gasteiger partial charge in [-0.05, 0) is 45.2 Å². The second kappa shape index (κ2) is 8.28. The SMILES string of the molecule is CC.CC.CN1CCCC2CCCC21. The minimum Gasteiger partial charge on any atom is -0.303 e. The van der Waals surface area contributed by atoms with Crippen molar-refractivity contribution in [3.63, 3.8) is 0 Å². The van der Waals surface area contributed by atoms with E-state index >= 15 is 0 Å². The smallest absolute Gasteiger partial charge is 0.0120 e. The molecule has 2 aliphatic rings. The zero-order valence-electron chi connectivity index (χ0n) is 10.8. The number of hydrogen-bond donors (Lipinski definition) is 0. The monoisotopic (exact) mass is 199 g/mol. The Kier molecular flexibility index (Phi) is 8.26. The highest BCUT2D eigenvalue weighted by atomic mass is 15.1. The molecule has 2 rings (SSSR count). The van der Waals surface area contributed by atoms with Crippen LogP contribution in [0, 0.1) is 5.92 Å². The molecule has 1 saturated carbocycles. The lowest BCUT2D eigenvalue weighted by atomic mass is 9.93. The van der Waals surface area contributed by atoms with Gasteiger partial charge in [-0.15, -0.1) is 0 Å². The number of likely N-dealkylation sites (tertiary alicyclic amines) is 1. The first-order chi connectivity index (χ1) is 6.88. The highest BCUT2D eigenvalue weighted by Gasteiger charge is 2.32. The quantitative estimate of drug-likeness (QED) is 0.571. The summed E-state index contributed by atoms with van der Waals surface area (Å²) in [5, 5.41) is 0. The highest BCUT2D eigenvalue weighted by Crippen LogP contribution is 2.35. The Morgan fingerprint density at radius 3 is 2.00 bits per heavy atom. The van der Waals surface area contributed by atoms with Crippen molar-refractivity contribution < 1.29 is 0 Å². The number of fused-ring (bicyclic) bond motifs is 1. The van der Waals surface area contributed by atoms with Crippen LogP contribution in [-0.4, -0.2) is 24.5 Å². The highest BCUT2D eigenvalue weighted by molar-refractivity contribution is 4.87. The predicted octanol–water partition coefficient (Wildman–Crippen LogP) is 3.93. The van der Waals surface area contributed by atoms with Crippen molar-refractivity contribution in [1.82, 2.24) is 4.90 Å². The first kappa shape index (κ1) is 14.0. The molecule has 86 valence electrons. The Bertz CT molecular complexity index is 122. The molecule has 2 atom stereocenters. The predicted molar refractivity (Wildman–Crippen MR) is 65.7 cm³/mol. The van der Waals surface area contributed by atoms with Crippen LogP contribution in [0.15, 0.2) is 0 Å². The first-order valence-electron chi connectivity index (χ1n) is 6.58. The van der Waals surface area contributed by atoms with Crippen molar-refractivity contribution in [3.8, 4) is 0 Å². The van der Waals surface area contributed by atoms with Crippen LogP contribution in [0.3, 0.4) is 0 Å². The Morgan fingerprint density at radius 2 is 1.43 bits per heavy atom. The zero-order valence-corrected chi connectivity index (χ0v) is 10.8. The standard InChI is InChI=1S/C9H17N.2C2H6/c1-10-7-3-5-8-4-2-6-9(8)10;2*1-2/h8-9H,2-7H2,1H3;2*1-2H3. The summed E-state index contributed by atoms with van der Waals surface area (Å²) in [6, 6.07) is 0.966. The lowest BCUT2D eigenvalue weighted by Gasteiger charge is -2.34. The van der Waals surface area contributed by atoms with Crippen LogP contribution in [0.1, 0.15) is 59.8 Å². The van der Waals surface area contributed by atoms with E-state index in [1.165, 1.54) is 38.6 Å². The fourth-order valence-corrected chi connectivity index (χ4v) is 2.70. The van der Waals surface area contributed by atoms with Gasteiger partial charge in [0.2, 0.25) is 0 Å². The van der Waals surface area contributed by atoms with E-state index in [9.17, 15) is 0 Å². The fourth-order valence-electron chi connectivity index (χ4n) is 2.70. The maximum absolute atomic E-state index is 2.57. The maximum atomic E-state index is 2.57. The number of rotatable bonds is 0. The van der Waals surface area contributed by atoms with Gasteiger partial charge in [-0.3, -0.25) is 0 Å². The van der Waals surface area contributed by atoms with Gasteiger partial charge >= 0.3 is 0 Å². The molecule has 1 heterocycles. The molecule has 1 nitrogen and oxygen atoms in total. The molecule has 1 saturated heterocycles. The molecule has 2 fully saturated rings. The summed E-state index contributed by atoms with van der Waals surface area (Å²) in [4.78, 5) is 2.57. The fraction of sp³-hybridized carbons (Fsp3) is 1.00. The Hall–Kier alpha value is -0.0400. The van der Waals surface area contributed by atoms with Crippen molar-refractivity contribution in [3.05, 3.63) is 0 Å². The van der Waals surface area contributed by atoms with Gasteiger partial charge in [-0.25, -0.2) is 0 Å². The van der Waals surface area contributed by atoms with Crippen LogP contribution < -0.4 is 0 Å². The molecule has 1 aliphatic heterocycles. The summed E-state index contributed by atoms with van der Waals surface area (Å²) in [6.45, 7) is 9.35. The molecule has 0 aromatic carbocycles. The Morgan fingerprint density at radius 1 is 0.857 bits per heavy atom. The zero-order chi connectivity index (χ0) is 11.0. The molecule has 1 aliphatic carbocycles. The summed E-state index contributed by atoms with van der Waals surface area (Å²) in [7, 11) is 2.29. The second-order valence-electron chi connectivity index (χ2n) is 3.88. The normalized spacial score (nSPS) is 30.6. The van der Waals surface area contributed by atoms with Crippen molar-refractivity contribution in [2.75, 3.05) is 13.6 Å². The minimum absolute atomic E-state index is 0.966. The topological polar surface area (TPSA) is 3.24 Å². The molecule has 1 heteroatoms. The van der Waals surface area contributed by atoms with Crippen molar-refractivity contribution in [2.24, 2.45) is 5.92 Å². The Balaban J connectivity index is 0.000000379. The van der Waals surface area contributed by atoms with Crippen LogP contribution in [0.5, 0.6) is 0 Å². The van der Waals surface area contributed by atoms with Gasteiger partial charge in [0, 0.05) is 6.04 Å². The molecule has 0 bridgehead atoms. The van der Waals surface area contributed by atoms with Crippen LogP contribution in [0.2, 0.25) is 0 Å². The summed E-state index contributed by atoms with van der Waals surface area (Å²) >= 11 is 0. The number of piperidine rings is 1. The van der Waals surface area contributed by atoms with E-state index in [2.05, 4.69) is 11.9 Å². The van der Waals surface area contributed by atoms with Gasteiger partial charge in [0.15, 0.2) is 0 Å². The van der Waals surface area contributed by atoms with E-state index < -0.39 is 0 Å². The molecule has 0 spiro atoms. The molecule has 0 radical (unpaired) electrons. The van der Waals surface area contributed by atoms with Gasteiger partial charge in [0.1, 0.15) is 0 Å². The minimum atomic E-state index is 0.966. The summed E-state index contributed by atoms with van der Waals surface area (Å²) in [5.41, 5.74) is 0. The van der Waals surface area contributed by atoms with Crippen LogP contribution in [-0.2, 0) is 0 Å². The number of nitrogens with zero attached hydrogens (tertiary/aromatic N) is 1. The molecular weight excluding hydrogens is 170 g/mol. The van der Waals surface area contributed by atoms with E-state index in [1.54, 1.807) is 0 Å². The van der Waals surface area contributed by atoms with E-state index in [4.69, 9.17) is 0 Å². The van der Waals surface area contributed by atoms with Gasteiger partial charge < -0.3 is 4.90 Å². The van der Waals surface area contributed by atoms with E-state index in [0.717, 1.165) is 12.0 Å². The molecule has 2 unspecified atom stereocenters. The van der Waals surface area contributed by atoms with E-state index in [1.807, 2.05) is 27.7 Å². The van der Waals surface area contributed by atoms with Gasteiger partial charge in [0.05, 0.1) is 0 Å². The lowest BCUT2D eigenvalue weighted by molar-refractivity contribution is 0.144. The molecular formula is C13H29N. The number of hydrogen-bond acceptors (Lipinski definition) is 1. The molecule has 0 N–H and O–H groups in total. The average Bonchev–Trinajstić information content (AvgIpc) is 2.73. The van der Waals surface area contributed by atoms with Gasteiger partial charge in [-0.2, -0.15) is 0 Å². The van der Waals surface area contributed by atoms with Gasteiger partial charge in [-0.1, -0.05) is 34.1 Å². The van der Waals surface area contributed by atoms with E-state index in [-0.39, 0.29) is 0 Å². The van der Waals surface area contributed by atoms with Crippen LogP contribution in [0.25, 0.3) is 0 Å². The lowest BCUT2D eigenvalue weighted by Crippen LogP contribution is -2.39. The summed E-state index contributed by atoms with van der Waals surface area (Å²) in [5.74, 6) is 1.07. The van der Waals surface area contributed by atoms with Crippen molar-refractivity contribution in [2.45, 2.75) is 65.8 Å². The second-order valence-corrected chi connectivity index (χ2v) is 3.88. The summed E-state index contributed by atoms with van der Waals surface area (Å²) in [6.07, 6.45) is 7.42. The van der Waals surface area contributed by atoms with Crippen molar-refractivity contribution in [1.29, 1.82) is 0 Å². The largest absolute Gasteiger partial charge is 0.303 e. The molecule has 0 amide bonds. The first-order valence-corrected chi connectivity index (χ1v) is 6.58. The maximum Gasteiger partial charge on any atom is 0.0120 e. The Labute approximate surface area is 90.9 Å². The van der Waals surface area contributed by atoms with Gasteiger partial charge in [0.25, 0.3) is 0 Å². The average molecular weight is 199 g/mol. The summed E-state index contributed by atoms with van der Waals surface area (Å²) < 4.78 is 0. The molecule has 0 aromatic heterocycles. The van der Waals surface area contributed by atoms with E-state index in [0.29, 0.717) is 0 Å². The van der Waals surface area contributed by atoms with Crippen molar-refractivity contribution >= 4 is 0 Å². The third-order valence-electron chi connectivity index (χ3n) is 3.27. The third kappa shape index (κ3) is 3.61.